The Morgan fingerprint density at radius 3 is 2.62 bits per heavy atom. The third-order valence-corrected chi connectivity index (χ3v) is 3.98. The lowest BCUT2D eigenvalue weighted by Crippen LogP contribution is -2.39. The van der Waals surface area contributed by atoms with E-state index in [0.717, 1.165) is 12.5 Å². The van der Waals surface area contributed by atoms with E-state index >= 15 is 0 Å². The van der Waals surface area contributed by atoms with Crippen LogP contribution in [-0.4, -0.2) is 30.6 Å². The molecule has 2 aliphatic rings. The highest BCUT2D eigenvalue weighted by Crippen LogP contribution is 2.25. The second-order valence-corrected chi connectivity index (χ2v) is 5.10. The Morgan fingerprint density at radius 1 is 1.31 bits per heavy atom. The molecule has 2 aliphatic heterocycles. The number of hydrogen-bond acceptors (Lipinski definition) is 2. The molecule has 0 saturated carbocycles. The molecule has 0 spiro atoms. The number of nitrogens with zero attached hydrogens (tertiary/aromatic N) is 1. The van der Waals surface area contributed by atoms with Crippen molar-refractivity contribution in [1.82, 2.24) is 10.2 Å². The van der Waals surface area contributed by atoms with Gasteiger partial charge in [0.1, 0.15) is 0 Å². The van der Waals surface area contributed by atoms with Crippen LogP contribution < -0.4 is 5.32 Å². The molecule has 1 atom stereocenters. The van der Waals surface area contributed by atoms with Gasteiger partial charge in [-0.25, -0.2) is 0 Å². The standard InChI is InChI=1S/C14H24N2/c1-3-5-13-7-10-16(11-8-13)12(2)14-6-4-9-15-14/h3,13-15H,1-2,4-11H2. The molecule has 0 radical (unpaired) electrons. The molecule has 2 rings (SSSR count). The zero-order valence-electron chi connectivity index (χ0n) is 10.3. The summed E-state index contributed by atoms with van der Waals surface area (Å²) in [5.74, 6) is 0.859. The largest absolute Gasteiger partial charge is 0.374 e. The van der Waals surface area contributed by atoms with Gasteiger partial charge in [0.05, 0.1) is 0 Å². The Hall–Kier alpha value is -0.760. The van der Waals surface area contributed by atoms with Gasteiger partial charge < -0.3 is 10.2 Å². The highest BCUT2D eigenvalue weighted by atomic mass is 15.2. The lowest BCUT2D eigenvalue weighted by Gasteiger charge is -2.36. The highest BCUT2D eigenvalue weighted by molar-refractivity contribution is 5.07. The molecule has 0 bridgehead atoms. The van der Waals surface area contributed by atoms with Crippen molar-refractivity contribution in [2.24, 2.45) is 5.92 Å². The summed E-state index contributed by atoms with van der Waals surface area (Å²) in [5, 5.41) is 3.53. The van der Waals surface area contributed by atoms with Crippen LogP contribution in [0.15, 0.2) is 24.9 Å². The Kier molecular flexibility index (Phi) is 4.05. The Labute approximate surface area is 99.4 Å². The van der Waals surface area contributed by atoms with Crippen LogP contribution >= 0.6 is 0 Å². The number of rotatable bonds is 4. The van der Waals surface area contributed by atoms with E-state index in [0.29, 0.717) is 6.04 Å². The molecule has 0 aromatic rings. The predicted molar refractivity (Wildman–Crippen MR) is 69.3 cm³/mol. The van der Waals surface area contributed by atoms with Crippen LogP contribution in [0.1, 0.15) is 32.1 Å². The van der Waals surface area contributed by atoms with Crippen molar-refractivity contribution in [3.05, 3.63) is 24.9 Å². The molecule has 0 aromatic heterocycles. The molecule has 1 unspecified atom stereocenters. The first-order valence-electron chi connectivity index (χ1n) is 6.59. The second-order valence-electron chi connectivity index (χ2n) is 5.10. The third-order valence-electron chi connectivity index (χ3n) is 3.98. The summed E-state index contributed by atoms with van der Waals surface area (Å²) in [4.78, 5) is 2.49. The summed E-state index contributed by atoms with van der Waals surface area (Å²) >= 11 is 0. The van der Waals surface area contributed by atoms with Crippen molar-refractivity contribution in [2.45, 2.75) is 38.1 Å². The number of hydrogen-bond donors (Lipinski definition) is 1. The van der Waals surface area contributed by atoms with E-state index in [-0.39, 0.29) is 0 Å². The fourth-order valence-electron chi connectivity index (χ4n) is 2.88. The third kappa shape index (κ3) is 2.67. The van der Waals surface area contributed by atoms with Crippen LogP contribution in [0.5, 0.6) is 0 Å². The fourth-order valence-corrected chi connectivity index (χ4v) is 2.88. The van der Waals surface area contributed by atoms with E-state index in [1.165, 1.54) is 50.9 Å². The fraction of sp³-hybridized carbons (Fsp3) is 0.714. The van der Waals surface area contributed by atoms with Crippen molar-refractivity contribution in [3.63, 3.8) is 0 Å². The Bertz CT molecular complexity index is 245. The number of allylic oxidation sites excluding steroid dienone is 1. The van der Waals surface area contributed by atoms with Gasteiger partial charge >= 0.3 is 0 Å². The van der Waals surface area contributed by atoms with Gasteiger partial charge in [-0.3, -0.25) is 0 Å². The molecule has 0 aromatic carbocycles. The minimum Gasteiger partial charge on any atom is -0.374 e. The number of likely N-dealkylation sites (tertiary alicyclic amines) is 1. The molecular formula is C14H24N2. The highest BCUT2D eigenvalue weighted by Gasteiger charge is 2.24. The second kappa shape index (κ2) is 5.53. The van der Waals surface area contributed by atoms with Crippen LogP contribution in [0.4, 0.5) is 0 Å². The normalized spacial score (nSPS) is 27.0. The summed E-state index contributed by atoms with van der Waals surface area (Å²) in [7, 11) is 0. The maximum atomic E-state index is 4.27. The zero-order valence-corrected chi connectivity index (χ0v) is 10.3. The number of piperidine rings is 1. The monoisotopic (exact) mass is 220 g/mol. The molecule has 2 nitrogen and oxygen atoms in total. The lowest BCUT2D eigenvalue weighted by atomic mass is 9.93. The van der Waals surface area contributed by atoms with E-state index in [1.807, 2.05) is 0 Å². The van der Waals surface area contributed by atoms with E-state index in [4.69, 9.17) is 0 Å². The molecule has 2 fully saturated rings. The molecule has 2 saturated heterocycles. The van der Waals surface area contributed by atoms with Crippen molar-refractivity contribution < 1.29 is 0 Å². The first kappa shape index (κ1) is 11.7. The van der Waals surface area contributed by atoms with Gasteiger partial charge in [-0.15, -0.1) is 6.58 Å². The number of nitrogens with one attached hydrogen (secondary N) is 1. The smallest absolute Gasteiger partial charge is 0.0465 e. The quantitative estimate of drug-likeness (QED) is 0.732. The van der Waals surface area contributed by atoms with E-state index in [9.17, 15) is 0 Å². The Balaban J connectivity index is 1.79. The lowest BCUT2D eigenvalue weighted by molar-refractivity contribution is 0.215. The average Bonchev–Trinajstić information content (AvgIpc) is 2.83. The van der Waals surface area contributed by atoms with Crippen molar-refractivity contribution >= 4 is 0 Å². The predicted octanol–water partition coefficient (Wildman–Crippen LogP) is 2.54. The summed E-state index contributed by atoms with van der Waals surface area (Å²) in [6, 6.07) is 0.552. The molecular weight excluding hydrogens is 196 g/mol. The van der Waals surface area contributed by atoms with Crippen molar-refractivity contribution in [1.29, 1.82) is 0 Å². The summed E-state index contributed by atoms with van der Waals surface area (Å²) in [6.45, 7) is 11.6. The topological polar surface area (TPSA) is 15.3 Å². The molecule has 0 aliphatic carbocycles. The maximum Gasteiger partial charge on any atom is 0.0465 e. The Morgan fingerprint density at radius 2 is 2.06 bits per heavy atom. The van der Waals surface area contributed by atoms with Gasteiger partial charge in [0, 0.05) is 24.8 Å². The van der Waals surface area contributed by atoms with E-state index in [2.05, 4.69) is 29.5 Å². The summed E-state index contributed by atoms with van der Waals surface area (Å²) < 4.78 is 0. The van der Waals surface area contributed by atoms with Gasteiger partial charge in [0.2, 0.25) is 0 Å². The van der Waals surface area contributed by atoms with Crippen molar-refractivity contribution in [3.8, 4) is 0 Å². The average molecular weight is 220 g/mol. The first-order valence-corrected chi connectivity index (χ1v) is 6.59. The van der Waals surface area contributed by atoms with E-state index < -0.39 is 0 Å². The zero-order chi connectivity index (χ0) is 11.4. The summed E-state index contributed by atoms with van der Waals surface area (Å²) in [6.07, 6.45) is 8.42. The SMILES string of the molecule is C=CCC1CCN(C(=C)C2CCCN2)CC1. The van der Waals surface area contributed by atoms with Gasteiger partial charge in [0.15, 0.2) is 0 Å². The van der Waals surface area contributed by atoms with Crippen LogP contribution in [0.25, 0.3) is 0 Å². The van der Waals surface area contributed by atoms with Gasteiger partial charge in [-0.2, -0.15) is 0 Å². The molecule has 1 N–H and O–H groups in total. The minimum absolute atomic E-state index is 0.552. The summed E-state index contributed by atoms with van der Waals surface area (Å²) in [5.41, 5.74) is 1.33. The van der Waals surface area contributed by atoms with Gasteiger partial charge in [-0.05, 0) is 44.6 Å². The molecule has 2 heteroatoms. The van der Waals surface area contributed by atoms with Crippen LogP contribution in [-0.2, 0) is 0 Å². The maximum absolute atomic E-state index is 4.27. The van der Waals surface area contributed by atoms with Crippen LogP contribution in [0, 0.1) is 5.92 Å². The molecule has 16 heavy (non-hydrogen) atoms. The van der Waals surface area contributed by atoms with Gasteiger partial charge in [0.25, 0.3) is 0 Å². The molecule has 2 heterocycles. The van der Waals surface area contributed by atoms with Crippen LogP contribution in [0.2, 0.25) is 0 Å². The molecule has 90 valence electrons. The van der Waals surface area contributed by atoms with Gasteiger partial charge in [-0.1, -0.05) is 12.7 Å². The van der Waals surface area contributed by atoms with E-state index in [1.54, 1.807) is 0 Å². The van der Waals surface area contributed by atoms with Crippen LogP contribution in [0.3, 0.4) is 0 Å². The minimum atomic E-state index is 0.552. The first-order chi connectivity index (χ1) is 7.81. The molecule has 0 amide bonds. The van der Waals surface area contributed by atoms with Crippen molar-refractivity contribution in [2.75, 3.05) is 19.6 Å².